The van der Waals surface area contributed by atoms with Gasteiger partial charge in [-0.25, -0.2) is 0 Å². The van der Waals surface area contributed by atoms with Crippen molar-refractivity contribution in [1.82, 2.24) is 9.88 Å². The number of fused-ring (bicyclic) bond motifs is 3. The molecular weight excluding hydrogens is 344 g/mol. The summed E-state index contributed by atoms with van der Waals surface area (Å²) in [7, 11) is 3.20. The molecular formula is C20H20N4O3. The van der Waals surface area contributed by atoms with Gasteiger partial charge in [0.15, 0.2) is 17.3 Å². The minimum absolute atomic E-state index is 0.111. The maximum Gasteiger partial charge on any atom is 0.191 e. The third-order valence-electron chi connectivity index (χ3n) is 4.62. The van der Waals surface area contributed by atoms with Gasteiger partial charge in [0.25, 0.3) is 0 Å². The summed E-state index contributed by atoms with van der Waals surface area (Å²) in [6, 6.07) is 7.37. The Labute approximate surface area is 157 Å². The lowest BCUT2D eigenvalue weighted by molar-refractivity contribution is 0.104. The standard InChI is InChI=1S/C20H20N4O3/c1-12-4-5-13(11-22-12)16(25)10-19-23-15-9-18(27-3)17(26-2)8-14(15)20-21-6-7-24(19)20/h4-5,8-11,23H,6-7H2,1-3H3/b19-10+. The number of aromatic nitrogens is 1. The first-order valence-electron chi connectivity index (χ1n) is 8.65. The van der Waals surface area contributed by atoms with E-state index < -0.39 is 0 Å². The van der Waals surface area contributed by atoms with Crippen molar-refractivity contribution in [2.75, 3.05) is 32.6 Å². The van der Waals surface area contributed by atoms with Crippen LogP contribution >= 0.6 is 0 Å². The van der Waals surface area contributed by atoms with E-state index in [0.717, 1.165) is 22.8 Å². The molecule has 0 unspecified atom stereocenters. The second kappa shape index (κ2) is 6.75. The summed E-state index contributed by atoms with van der Waals surface area (Å²) in [4.78, 5) is 23.5. The van der Waals surface area contributed by atoms with Gasteiger partial charge < -0.3 is 19.7 Å². The van der Waals surface area contributed by atoms with Gasteiger partial charge in [0, 0.05) is 41.7 Å². The summed E-state index contributed by atoms with van der Waals surface area (Å²) < 4.78 is 10.8. The minimum atomic E-state index is -0.111. The van der Waals surface area contributed by atoms with Crippen LogP contribution in [-0.2, 0) is 0 Å². The largest absolute Gasteiger partial charge is 0.493 e. The first-order valence-corrected chi connectivity index (χ1v) is 8.65. The van der Waals surface area contributed by atoms with Gasteiger partial charge in [0.05, 0.1) is 26.5 Å². The van der Waals surface area contributed by atoms with E-state index in [1.165, 1.54) is 0 Å². The Bertz CT molecular complexity index is 964. The van der Waals surface area contributed by atoms with Crippen molar-refractivity contribution in [2.24, 2.45) is 4.99 Å². The molecule has 1 aromatic carbocycles. The molecule has 3 heterocycles. The molecule has 0 radical (unpaired) electrons. The van der Waals surface area contributed by atoms with Crippen LogP contribution in [0.1, 0.15) is 21.6 Å². The molecule has 0 atom stereocenters. The molecule has 7 nitrogen and oxygen atoms in total. The smallest absolute Gasteiger partial charge is 0.191 e. The maximum atomic E-state index is 12.7. The van der Waals surface area contributed by atoms with Gasteiger partial charge >= 0.3 is 0 Å². The van der Waals surface area contributed by atoms with Gasteiger partial charge in [0.1, 0.15) is 11.7 Å². The third-order valence-corrected chi connectivity index (χ3v) is 4.62. The molecule has 2 aliphatic heterocycles. The van der Waals surface area contributed by atoms with Crippen molar-refractivity contribution in [1.29, 1.82) is 0 Å². The van der Waals surface area contributed by atoms with Crippen LogP contribution in [0, 0.1) is 6.92 Å². The molecule has 0 amide bonds. The number of aliphatic imine (C=N–C) groups is 1. The van der Waals surface area contributed by atoms with Crippen LogP contribution in [0.5, 0.6) is 11.5 Å². The summed E-state index contributed by atoms with van der Waals surface area (Å²) in [6.07, 6.45) is 3.19. The quantitative estimate of drug-likeness (QED) is 0.664. The van der Waals surface area contributed by atoms with Crippen LogP contribution in [0.4, 0.5) is 5.69 Å². The van der Waals surface area contributed by atoms with Gasteiger partial charge in [0.2, 0.25) is 0 Å². The molecule has 1 aromatic heterocycles. The number of ether oxygens (including phenoxy) is 2. The number of benzene rings is 1. The zero-order chi connectivity index (χ0) is 19.0. The van der Waals surface area contributed by atoms with Crippen LogP contribution in [0.2, 0.25) is 0 Å². The van der Waals surface area contributed by atoms with E-state index in [1.807, 2.05) is 30.0 Å². The van der Waals surface area contributed by atoms with Crippen molar-refractivity contribution < 1.29 is 14.3 Å². The molecule has 2 aromatic rings. The van der Waals surface area contributed by atoms with Crippen molar-refractivity contribution in [3.05, 3.63) is 59.2 Å². The van der Waals surface area contributed by atoms with E-state index in [1.54, 1.807) is 32.6 Å². The first kappa shape index (κ1) is 17.1. The number of hydrogen-bond acceptors (Lipinski definition) is 7. The van der Waals surface area contributed by atoms with E-state index in [0.29, 0.717) is 36.0 Å². The molecule has 0 saturated carbocycles. The molecule has 0 spiro atoms. The van der Waals surface area contributed by atoms with Crippen LogP contribution in [0.3, 0.4) is 0 Å². The molecule has 1 N–H and O–H groups in total. The number of anilines is 1. The lowest BCUT2D eigenvalue weighted by Crippen LogP contribution is -2.36. The first-order chi connectivity index (χ1) is 13.1. The Balaban J connectivity index is 1.74. The van der Waals surface area contributed by atoms with Gasteiger partial charge in [-0.15, -0.1) is 0 Å². The number of aryl methyl sites for hydroxylation is 1. The lowest BCUT2D eigenvalue weighted by atomic mass is 10.1. The van der Waals surface area contributed by atoms with E-state index in [-0.39, 0.29) is 5.78 Å². The highest BCUT2D eigenvalue weighted by atomic mass is 16.5. The predicted octanol–water partition coefficient (Wildman–Crippen LogP) is 2.62. The number of amidine groups is 1. The van der Waals surface area contributed by atoms with Crippen molar-refractivity contribution >= 4 is 17.3 Å². The fraction of sp³-hybridized carbons (Fsp3) is 0.250. The Kier molecular flexibility index (Phi) is 4.27. The number of carbonyl (C=O) groups is 1. The molecule has 0 saturated heterocycles. The van der Waals surface area contributed by atoms with E-state index in [2.05, 4.69) is 15.3 Å². The number of methoxy groups -OCH3 is 2. The number of nitrogens with one attached hydrogen (secondary N) is 1. The number of allylic oxidation sites excluding steroid dienone is 1. The summed E-state index contributed by atoms with van der Waals surface area (Å²) in [6.45, 7) is 3.27. The van der Waals surface area contributed by atoms with Crippen LogP contribution < -0.4 is 14.8 Å². The number of hydrogen-bond donors (Lipinski definition) is 1. The number of carbonyl (C=O) groups excluding carboxylic acids is 1. The number of rotatable bonds is 4. The van der Waals surface area contributed by atoms with Crippen molar-refractivity contribution in [2.45, 2.75) is 6.92 Å². The Morgan fingerprint density at radius 2 is 2.00 bits per heavy atom. The maximum absolute atomic E-state index is 12.7. The predicted molar refractivity (Wildman–Crippen MR) is 103 cm³/mol. The molecule has 4 rings (SSSR count). The highest BCUT2D eigenvalue weighted by Gasteiger charge is 2.31. The second-order valence-electron chi connectivity index (χ2n) is 6.32. The minimum Gasteiger partial charge on any atom is -0.493 e. The van der Waals surface area contributed by atoms with Crippen molar-refractivity contribution in [3.8, 4) is 11.5 Å². The average molecular weight is 364 g/mol. The molecule has 0 fully saturated rings. The van der Waals surface area contributed by atoms with E-state index >= 15 is 0 Å². The van der Waals surface area contributed by atoms with Gasteiger partial charge in [-0.05, 0) is 25.1 Å². The Morgan fingerprint density at radius 1 is 1.22 bits per heavy atom. The fourth-order valence-electron chi connectivity index (χ4n) is 3.22. The number of ketones is 1. The van der Waals surface area contributed by atoms with Crippen molar-refractivity contribution in [3.63, 3.8) is 0 Å². The monoisotopic (exact) mass is 364 g/mol. The molecule has 7 heteroatoms. The zero-order valence-electron chi connectivity index (χ0n) is 15.4. The highest BCUT2D eigenvalue weighted by Crippen LogP contribution is 2.38. The molecule has 2 aliphatic rings. The third kappa shape index (κ3) is 3.01. The Hall–Kier alpha value is -3.35. The summed E-state index contributed by atoms with van der Waals surface area (Å²) in [5, 5.41) is 3.34. The number of pyridine rings is 1. The summed E-state index contributed by atoms with van der Waals surface area (Å²) in [5.74, 6) is 2.66. The topological polar surface area (TPSA) is 76.1 Å². The summed E-state index contributed by atoms with van der Waals surface area (Å²) in [5.41, 5.74) is 3.17. The van der Waals surface area contributed by atoms with Gasteiger partial charge in [-0.1, -0.05) is 0 Å². The molecule has 27 heavy (non-hydrogen) atoms. The number of nitrogens with zero attached hydrogens (tertiary/aromatic N) is 3. The summed E-state index contributed by atoms with van der Waals surface area (Å²) >= 11 is 0. The van der Waals surface area contributed by atoms with Crippen LogP contribution in [0.15, 0.2) is 47.4 Å². The average Bonchev–Trinajstić information content (AvgIpc) is 3.18. The van der Waals surface area contributed by atoms with Gasteiger partial charge in [-0.2, -0.15) is 0 Å². The normalized spacial score (nSPS) is 16.3. The fourth-order valence-corrected chi connectivity index (χ4v) is 3.22. The molecule has 138 valence electrons. The van der Waals surface area contributed by atoms with E-state index in [4.69, 9.17) is 9.47 Å². The van der Waals surface area contributed by atoms with E-state index in [9.17, 15) is 4.79 Å². The van der Waals surface area contributed by atoms with Crippen LogP contribution in [-0.4, -0.2) is 48.8 Å². The lowest BCUT2D eigenvalue weighted by Gasteiger charge is -2.31. The zero-order valence-corrected chi connectivity index (χ0v) is 15.4. The molecule has 0 bridgehead atoms. The second-order valence-corrected chi connectivity index (χ2v) is 6.32. The SMILES string of the molecule is COc1cc2c(cc1OC)C1=NCCN1/C(=C/C(=O)c1ccc(C)nc1)N2. The van der Waals surface area contributed by atoms with Crippen LogP contribution in [0.25, 0.3) is 0 Å². The Morgan fingerprint density at radius 3 is 2.70 bits per heavy atom. The van der Waals surface area contributed by atoms with Gasteiger partial charge in [-0.3, -0.25) is 14.8 Å². The molecule has 0 aliphatic carbocycles. The highest BCUT2D eigenvalue weighted by molar-refractivity contribution is 6.10.